The number of Topliss-reactive ketones (excluding diaryl/α,β-unsaturated/α-hetero) is 1. The van der Waals surface area contributed by atoms with Crippen molar-refractivity contribution >= 4 is 28.9 Å². The van der Waals surface area contributed by atoms with E-state index in [9.17, 15) is 9.59 Å². The van der Waals surface area contributed by atoms with Gasteiger partial charge in [-0.3, -0.25) is 9.59 Å². The lowest BCUT2D eigenvalue weighted by molar-refractivity contribution is 0.100. The molecular formula is C21H20N4O4. The molecular weight excluding hydrogens is 372 g/mol. The van der Waals surface area contributed by atoms with E-state index in [0.717, 1.165) is 0 Å². The summed E-state index contributed by atoms with van der Waals surface area (Å²) in [6, 6.07) is 13.6. The topological polar surface area (TPSA) is 102 Å². The maximum atomic E-state index is 12.5. The average molecular weight is 392 g/mol. The number of hydrogen-bond donors (Lipinski definition) is 2. The summed E-state index contributed by atoms with van der Waals surface area (Å²) in [5, 5.41) is 5.83. The Labute approximate surface area is 167 Å². The number of nitrogens with zero attached hydrogens (tertiary/aromatic N) is 2. The molecule has 1 aromatic heterocycles. The minimum atomic E-state index is -0.413. The Morgan fingerprint density at radius 2 is 1.69 bits per heavy atom. The molecule has 8 heteroatoms. The summed E-state index contributed by atoms with van der Waals surface area (Å²) < 4.78 is 10.5. The SMILES string of the molecule is COc1ccc(Nc2cc(C(=O)Nc3cccc(C(C)=O)c3)ncn2)cc1OC. The standard InChI is InChI=1S/C21H20N4O4/c1-13(26)14-5-4-6-15(9-14)25-21(27)17-11-20(23-12-22-17)24-16-7-8-18(28-2)19(10-16)29-3/h4-12H,1-3H3,(H,25,27)(H,22,23,24). The van der Waals surface area contributed by atoms with Gasteiger partial charge >= 0.3 is 0 Å². The molecule has 1 amide bonds. The van der Waals surface area contributed by atoms with Gasteiger partial charge in [0.15, 0.2) is 17.3 Å². The Morgan fingerprint density at radius 1 is 0.897 bits per heavy atom. The summed E-state index contributed by atoms with van der Waals surface area (Å²) >= 11 is 0. The lowest BCUT2D eigenvalue weighted by atomic mass is 10.1. The molecule has 0 saturated carbocycles. The van der Waals surface area contributed by atoms with Gasteiger partial charge in [0.25, 0.3) is 5.91 Å². The zero-order chi connectivity index (χ0) is 20.8. The smallest absolute Gasteiger partial charge is 0.274 e. The van der Waals surface area contributed by atoms with Crippen LogP contribution in [-0.4, -0.2) is 35.9 Å². The summed E-state index contributed by atoms with van der Waals surface area (Å²) in [5.74, 6) is 1.12. The van der Waals surface area contributed by atoms with E-state index < -0.39 is 5.91 Å². The van der Waals surface area contributed by atoms with Crippen LogP contribution in [0, 0.1) is 0 Å². The van der Waals surface area contributed by atoms with Crippen molar-refractivity contribution in [3.05, 3.63) is 66.1 Å². The predicted octanol–water partition coefficient (Wildman–Crippen LogP) is 3.69. The number of carbonyl (C=O) groups is 2. The van der Waals surface area contributed by atoms with Gasteiger partial charge in [0, 0.05) is 29.1 Å². The average Bonchev–Trinajstić information content (AvgIpc) is 2.74. The zero-order valence-corrected chi connectivity index (χ0v) is 16.2. The fourth-order valence-corrected chi connectivity index (χ4v) is 2.62. The number of carbonyl (C=O) groups excluding carboxylic acids is 2. The van der Waals surface area contributed by atoms with Gasteiger partial charge in [0.2, 0.25) is 0 Å². The summed E-state index contributed by atoms with van der Waals surface area (Å²) in [4.78, 5) is 32.2. The molecule has 0 aliphatic carbocycles. The predicted molar refractivity (Wildman–Crippen MR) is 109 cm³/mol. The third-order valence-electron chi connectivity index (χ3n) is 4.08. The van der Waals surface area contributed by atoms with E-state index in [1.807, 2.05) is 0 Å². The molecule has 3 rings (SSSR count). The molecule has 1 heterocycles. The molecule has 148 valence electrons. The molecule has 0 radical (unpaired) electrons. The summed E-state index contributed by atoms with van der Waals surface area (Å²) in [7, 11) is 3.11. The second kappa shape index (κ2) is 8.83. The van der Waals surface area contributed by atoms with E-state index in [0.29, 0.717) is 34.3 Å². The lowest BCUT2D eigenvalue weighted by Gasteiger charge is -2.11. The third-order valence-corrected chi connectivity index (χ3v) is 4.08. The van der Waals surface area contributed by atoms with Crippen molar-refractivity contribution < 1.29 is 19.1 Å². The van der Waals surface area contributed by atoms with E-state index in [4.69, 9.17) is 9.47 Å². The van der Waals surface area contributed by atoms with Gasteiger partial charge in [-0.2, -0.15) is 0 Å². The quantitative estimate of drug-likeness (QED) is 0.591. The molecule has 0 spiro atoms. The van der Waals surface area contributed by atoms with Crippen molar-refractivity contribution in [3.8, 4) is 11.5 Å². The van der Waals surface area contributed by atoms with Gasteiger partial charge in [-0.25, -0.2) is 9.97 Å². The monoisotopic (exact) mass is 392 g/mol. The van der Waals surface area contributed by atoms with E-state index in [2.05, 4.69) is 20.6 Å². The van der Waals surface area contributed by atoms with Gasteiger partial charge in [0.1, 0.15) is 17.8 Å². The Kier molecular flexibility index (Phi) is 6.03. The number of rotatable bonds is 7. The van der Waals surface area contributed by atoms with Crippen molar-refractivity contribution in [1.29, 1.82) is 0 Å². The van der Waals surface area contributed by atoms with Gasteiger partial charge in [-0.1, -0.05) is 12.1 Å². The third kappa shape index (κ3) is 4.86. The normalized spacial score (nSPS) is 10.2. The maximum Gasteiger partial charge on any atom is 0.274 e. The van der Waals surface area contributed by atoms with Crippen LogP contribution in [0.2, 0.25) is 0 Å². The van der Waals surface area contributed by atoms with Crippen LogP contribution in [-0.2, 0) is 0 Å². The van der Waals surface area contributed by atoms with Crippen LogP contribution in [0.15, 0.2) is 54.9 Å². The number of ketones is 1. The molecule has 0 bridgehead atoms. The van der Waals surface area contributed by atoms with Crippen LogP contribution >= 0.6 is 0 Å². The number of amides is 1. The van der Waals surface area contributed by atoms with Gasteiger partial charge in [-0.05, 0) is 31.2 Å². The first-order valence-electron chi connectivity index (χ1n) is 8.73. The Bertz CT molecular complexity index is 1050. The van der Waals surface area contributed by atoms with Crippen LogP contribution in [0.25, 0.3) is 0 Å². The summed E-state index contributed by atoms with van der Waals surface area (Å²) in [6.45, 7) is 1.47. The van der Waals surface area contributed by atoms with Crippen molar-refractivity contribution in [1.82, 2.24) is 9.97 Å². The van der Waals surface area contributed by atoms with E-state index in [1.165, 1.54) is 19.3 Å². The molecule has 2 aromatic carbocycles. The van der Waals surface area contributed by atoms with Crippen LogP contribution < -0.4 is 20.1 Å². The van der Waals surface area contributed by atoms with Crippen molar-refractivity contribution in [3.63, 3.8) is 0 Å². The minimum absolute atomic E-state index is 0.0791. The molecule has 3 aromatic rings. The zero-order valence-electron chi connectivity index (χ0n) is 16.2. The number of ether oxygens (including phenoxy) is 2. The van der Waals surface area contributed by atoms with E-state index in [1.54, 1.807) is 56.7 Å². The van der Waals surface area contributed by atoms with E-state index >= 15 is 0 Å². The first kappa shape index (κ1) is 19.8. The molecule has 29 heavy (non-hydrogen) atoms. The first-order chi connectivity index (χ1) is 14.0. The second-order valence-electron chi connectivity index (χ2n) is 6.07. The maximum absolute atomic E-state index is 12.5. The Balaban J connectivity index is 1.76. The summed E-state index contributed by atoms with van der Waals surface area (Å²) in [5.41, 5.74) is 1.91. The molecule has 0 atom stereocenters. The molecule has 0 fully saturated rings. The van der Waals surface area contributed by atoms with Crippen molar-refractivity contribution in [2.45, 2.75) is 6.92 Å². The van der Waals surface area contributed by atoms with Crippen LogP contribution in [0.4, 0.5) is 17.2 Å². The lowest BCUT2D eigenvalue weighted by Crippen LogP contribution is -2.14. The van der Waals surface area contributed by atoms with Crippen molar-refractivity contribution in [2.24, 2.45) is 0 Å². The largest absolute Gasteiger partial charge is 0.493 e. The molecule has 0 unspecified atom stereocenters. The summed E-state index contributed by atoms with van der Waals surface area (Å²) in [6.07, 6.45) is 1.30. The van der Waals surface area contributed by atoms with Crippen LogP contribution in [0.1, 0.15) is 27.8 Å². The van der Waals surface area contributed by atoms with Gasteiger partial charge in [-0.15, -0.1) is 0 Å². The van der Waals surface area contributed by atoms with Crippen LogP contribution in [0.5, 0.6) is 11.5 Å². The molecule has 8 nitrogen and oxygen atoms in total. The molecule has 0 saturated heterocycles. The highest BCUT2D eigenvalue weighted by Gasteiger charge is 2.11. The number of benzene rings is 2. The molecule has 2 N–H and O–H groups in total. The van der Waals surface area contributed by atoms with Crippen LogP contribution in [0.3, 0.4) is 0 Å². The Morgan fingerprint density at radius 3 is 2.41 bits per heavy atom. The number of anilines is 3. The highest BCUT2D eigenvalue weighted by atomic mass is 16.5. The second-order valence-corrected chi connectivity index (χ2v) is 6.07. The first-order valence-corrected chi connectivity index (χ1v) is 8.73. The fourth-order valence-electron chi connectivity index (χ4n) is 2.62. The number of nitrogens with one attached hydrogen (secondary N) is 2. The highest BCUT2D eigenvalue weighted by Crippen LogP contribution is 2.30. The fraction of sp³-hybridized carbons (Fsp3) is 0.143. The van der Waals surface area contributed by atoms with Gasteiger partial charge in [0.05, 0.1) is 14.2 Å². The number of aromatic nitrogens is 2. The highest BCUT2D eigenvalue weighted by molar-refractivity contribution is 6.04. The number of hydrogen-bond acceptors (Lipinski definition) is 7. The van der Waals surface area contributed by atoms with Gasteiger partial charge < -0.3 is 20.1 Å². The Hall–Kier alpha value is -3.94. The molecule has 0 aliphatic rings. The molecule has 0 aliphatic heterocycles. The van der Waals surface area contributed by atoms with Crippen molar-refractivity contribution in [2.75, 3.05) is 24.9 Å². The number of methoxy groups -OCH3 is 2. The van der Waals surface area contributed by atoms with E-state index in [-0.39, 0.29) is 11.5 Å². The minimum Gasteiger partial charge on any atom is -0.493 e.